The lowest BCUT2D eigenvalue weighted by Crippen LogP contribution is -2.36. The molecule has 0 bridgehead atoms. The molecule has 19 heavy (non-hydrogen) atoms. The number of aromatic nitrogens is 3. The molecule has 0 aromatic carbocycles. The molecule has 5 heteroatoms. The zero-order valence-corrected chi connectivity index (χ0v) is 12.6. The predicted octanol–water partition coefficient (Wildman–Crippen LogP) is 2.55. The molecule has 1 fully saturated rings. The fourth-order valence-electron chi connectivity index (χ4n) is 3.13. The van der Waals surface area contributed by atoms with Crippen molar-refractivity contribution >= 4 is 11.8 Å². The molecule has 106 valence electrons. The molecule has 0 amide bonds. The fourth-order valence-corrected chi connectivity index (χ4v) is 4.21. The van der Waals surface area contributed by atoms with Crippen LogP contribution in [-0.4, -0.2) is 32.3 Å². The van der Waals surface area contributed by atoms with E-state index < -0.39 is 0 Å². The van der Waals surface area contributed by atoms with Crippen LogP contribution in [0, 0.1) is 0 Å². The van der Waals surface area contributed by atoms with Gasteiger partial charge in [0.1, 0.15) is 11.6 Å². The van der Waals surface area contributed by atoms with Crippen molar-refractivity contribution in [1.29, 1.82) is 0 Å². The predicted molar refractivity (Wildman–Crippen MR) is 79.5 cm³/mol. The molecule has 1 aromatic heterocycles. The third-order valence-electron chi connectivity index (χ3n) is 4.17. The largest absolute Gasteiger partial charge is 0.314 e. The Morgan fingerprint density at radius 1 is 1.26 bits per heavy atom. The summed E-state index contributed by atoms with van der Waals surface area (Å²) in [7, 11) is 0. The van der Waals surface area contributed by atoms with Gasteiger partial charge in [-0.1, -0.05) is 6.42 Å². The van der Waals surface area contributed by atoms with Crippen molar-refractivity contribution in [2.75, 3.05) is 11.5 Å². The Labute approximate surface area is 119 Å². The van der Waals surface area contributed by atoms with Crippen molar-refractivity contribution in [2.45, 2.75) is 64.1 Å². The van der Waals surface area contributed by atoms with Gasteiger partial charge >= 0.3 is 0 Å². The Hall–Kier alpha value is -0.550. The van der Waals surface area contributed by atoms with Gasteiger partial charge in [-0.25, -0.2) is 0 Å². The van der Waals surface area contributed by atoms with E-state index in [0.29, 0.717) is 12.1 Å². The summed E-state index contributed by atoms with van der Waals surface area (Å²) < 4.78 is 2.36. The summed E-state index contributed by atoms with van der Waals surface area (Å²) in [4.78, 5) is 0. The summed E-state index contributed by atoms with van der Waals surface area (Å²) in [6.45, 7) is 3.34. The highest BCUT2D eigenvalue weighted by molar-refractivity contribution is 7.99. The van der Waals surface area contributed by atoms with Crippen LogP contribution < -0.4 is 5.32 Å². The molecule has 1 saturated heterocycles. The van der Waals surface area contributed by atoms with Gasteiger partial charge in [-0.15, -0.1) is 10.2 Å². The smallest absolute Gasteiger partial charge is 0.149 e. The molecule has 2 aliphatic heterocycles. The molecule has 0 spiro atoms. The zero-order valence-electron chi connectivity index (χ0n) is 11.8. The molecule has 1 N–H and O–H groups in total. The first-order chi connectivity index (χ1) is 9.34. The molecule has 3 heterocycles. The molecular formula is C14H24N4S. The van der Waals surface area contributed by atoms with E-state index >= 15 is 0 Å². The van der Waals surface area contributed by atoms with Gasteiger partial charge in [0.25, 0.3) is 0 Å². The van der Waals surface area contributed by atoms with Crippen molar-refractivity contribution in [3.05, 3.63) is 11.6 Å². The summed E-state index contributed by atoms with van der Waals surface area (Å²) in [6.07, 6.45) is 7.59. The summed E-state index contributed by atoms with van der Waals surface area (Å²) in [5.74, 6) is 4.91. The molecule has 2 atom stereocenters. The molecule has 0 radical (unpaired) electrons. The van der Waals surface area contributed by atoms with Gasteiger partial charge < -0.3 is 9.88 Å². The van der Waals surface area contributed by atoms with E-state index in [4.69, 9.17) is 0 Å². The first kappa shape index (κ1) is 13.4. The minimum atomic E-state index is 0.322. The van der Waals surface area contributed by atoms with Crippen molar-refractivity contribution in [2.24, 2.45) is 0 Å². The lowest BCUT2D eigenvalue weighted by molar-refractivity contribution is 0.425. The van der Waals surface area contributed by atoms with Crippen LogP contribution in [0.4, 0.5) is 0 Å². The quantitative estimate of drug-likeness (QED) is 0.924. The number of nitrogens with zero attached hydrogens (tertiary/aromatic N) is 3. The fraction of sp³-hybridized carbons (Fsp3) is 0.857. The average molecular weight is 280 g/mol. The Balaban J connectivity index is 1.68. The van der Waals surface area contributed by atoms with Crippen LogP contribution in [0.25, 0.3) is 0 Å². The number of thioether (sulfide) groups is 1. The first-order valence-electron chi connectivity index (χ1n) is 7.60. The van der Waals surface area contributed by atoms with Crippen molar-refractivity contribution in [1.82, 2.24) is 20.1 Å². The lowest BCUT2D eigenvalue weighted by atomic mass is 10.1. The molecule has 2 unspecified atom stereocenters. The second-order valence-corrected chi connectivity index (χ2v) is 6.89. The highest BCUT2D eigenvalue weighted by atomic mass is 32.2. The van der Waals surface area contributed by atoms with Gasteiger partial charge in [0.15, 0.2) is 0 Å². The number of hydrogen-bond acceptors (Lipinski definition) is 4. The topological polar surface area (TPSA) is 42.7 Å². The van der Waals surface area contributed by atoms with E-state index in [-0.39, 0.29) is 0 Å². The highest BCUT2D eigenvalue weighted by Crippen LogP contribution is 2.22. The molecule has 0 saturated carbocycles. The minimum Gasteiger partial charge on any atom is -0.314 e. The Morgan fingerprint density at radius 3 is 3.05 bits per heavy atom. The van der Waals surface area contributed by atoms with Crippen LogP contribution in [0.3, 0.4) is 0 Å². The number of fused-ring (bicyclic) bond motifs is 1. The van der Waals surface area contributed by atoms with Crippen LogP contribution in [0.1, 0.15) is 56.7 Å². The Morgan fingerprint density at radius 2 is 2.21 bits per heavy atom. The SMILES string of the molecule is CC(NC1CCCSC1)c1nnc2n1CCCCC2. The van der Waals surface area contributed by atoms with Gasteiger partial charge in [-0.3, -0.25) is 0 Å². The monoisotopic (exact) mass is 280 g/mol. The van der Waals surface area contributed by atoms with E-state index in [1.165, 1.54) is 49.4 Å². The van der Waals surface area contributed by atoms with Crippen LogP contribution in [0.15, 0.2) is 0 Å². The number of rotatable bonds is 3. The normalized spacial score (nSPS) is 25.6. The molecule has 4 nitrogen and oxygen atoms in total. The third-order valence-corrected chi connectivity index (χ3v) is 5.39. The molecule has 3 rings (SSSR count). The standard InChI is InChI=1S/C14H24N4S/c1-11(15-12-6-5-9-19-10-12)14-17-16-13-7-3-2-4-8-18(13)14/h11-12,15H,2-10H2,1H3. The molecular weight excluding hydrogens is 256 g/mol. The van der Waals surface area contributed by atoms with Crippen LogP contribution >= 0.6 is 11.8 Å². The summed E-state index contributed by atoms with van der Waals surface area (Å²) in [5, 5.41) is 12.6. The first-order valence-corrected chi connectivity index (χ1v) is 8.76. The van der Waals surface area contributed by atoms with Gasteiger partial charge in [0, 0.05) is 24.8 Å². The second-order valence-electron chi connectivity index (χ2n) is 5.74. The Bertz CT molecular complexity index is 412. The van der Waals surface area contributed by atoms with Crippen LogP contribution in [0.5, 0.6) is 0 Å². The highest BCUT2D eigenvalue weighted by Gasteiger charge is 2.22. The number of aryl methyl sites for hydroxylation is 1. The number of nitrogens with one attached hydrogen (secondary N) is 1. The van der Waals surface area contributed by atoms with Gasteiger partial charge in [0.05, 0.1) is 6.04 Å². The van der Waals surface area contributed by atoms with E-state index in [1.54, 1.807) is 0 Å². The van der Waals surface area contributed by atoms with Crippen molar-refractivity contribution in [3.63, 3.8) is 0 Å². The second kappa shape index (κ2) is 6.27. The minimum absolute atomic E-state index is 0.322. The van der Waals surface area contributed by atoms with Gasteiger partial charge in [0.2, 0.25) is 0 Å². The maximum absolute atomic E-state index is 4.45. The molecule has 0 aliphatic carbocycles. The summed E-state index contributed by atoms with van der Waals surface area (Å²) >= 11 is 2.07. The van der Waals surface area contributed by atoms with Crippen molar-refractivity contribution < 1.29 is 0 Å². The molecule has 1 aromatic rings. The zero-order chi connectivity index (χ0) is 13.1. The molecule has 2 aliphatic rings. The van der Waals surface area contributed by atoms with Crippen LogP contribution in [0.2, 0.25) is 0 Å². The average Bonchev–Trinajstić information content (AvgIpc) is 2.69. The maximum atomic E-state index is 4.45. The van der Waals surface area contributed by atoms with Crippen LogP contribution in [-0.2, 0) is 13.0 Å². The summed E-state index contributed by atoms with van der Waals surface area (Å²) in [5.41, 5.74) is 0. The Kier molecular flexibility index (Phi) is 4.43. The van der Waals surface area contributed by atoms with E-state index in [2.05, 4.69) is 38.8 Å². The van der Waals surface area contributed by atoms with E-state index in [1.807, 2.05) is 0 Å². The number of hydrogen-bond donors (Lipinski definition) is 1. The van der Waals surface area contributed by atoms with E-state index in [9.17, 15) is 0 Å². The lowest BCUT2D eigenvalue weighted by Gasteiger charge is -2.26. The van der Waals surface area contributed by atoms with E-state index in [0.717, 1.165) is 18.8 Å². The third kappa shape index (κ3) is 3.14. The van der Waals surface area contributed by atoms with Gasteiger partial charge in [-0.05, 0) is 38.4 Å². The maximum Gasteiger partial charge on any atom is 0.149 e. The van der Waals surface area contributed by atoms with Gasteiger partial charge in [-0.2, -0.15) is 11.8 Å². The summed E-state index contributed by atoms with van der Waals surface area (Å²) in [6, 6.07) is 0.968. The van der Waals surface area contributed by atoms with Crippen molar-refractivity contribution in [3.8, 4) is 0 Å².